The van der Waals surface area contributed by atoms with Crippen LogP contribution in [0.3, 0.4) is 0 Å². The molecule has 0 aromatic heterocycles. The summed E-state index contributed by atoms with van der Waals surface area (Å²) in [6, 6.07) is 8.97. The fourth-order valence-corrected chi connectivity index (χ4v) is 2.54. The molecule has 106 valence electrons. The summed E-state index contributed by atoms with van der Waals surface area (Å²) < 4.78 is 0. The Bertz CT molecular complexity index is 386. The lowest BCUT2D eigenvalue weighted by atomic mass is 9.87. The number of rotatable bonds is 3. The first-order valence-electron chi connectivity index (χ1n) is 7.19. The van der Waals surface area contributed by atoms with E-state index in [4.69, 9.17) is 5.11 Å². The Morgan fingerprint density at radius 3 is 2.05 bits per heavy atom. The van der Waals surface area contributed by atoms with E-state index in [-0.39, 0.29) is 12.0 Å². The van der Waals surface area contributed by atoms with Crippen molar-refractivity contribution in [1.29, 1.82) is 0 Å². The Hall–Kier alpha value is -1.06. The third kappa shape index (κ3) is 3.71. The molecular weight excluding hydrogens is 236 g/mol. The lowest BCUT2D eigenvalue weighted by Gasteiger charge is -2.36. The number of anilines is 1. The van der Waals surface area contributed by atoms with Gasteiger partial charge in [0.05, 0.1) is 6.61 Å². The molecule has 0 atom stereocenters. The molecule has 0 unspecified atom stereocenters. The Kier molecular flexibility index (Phi) is 4.48. The average molecular weight is 262 g/mol. The van der Waals surface area contributed by atoms with Crippen LogP contribution in [0.2, 0.25) is 0 Å². The molecule has 0 amide bonds. The molecule has 0 bridgehead atoms. The van der Waals surface area contributed by atoms with Crippen molar-refractivity contribution in [1.82, 2.24) is 4.90 Å². The number of β-amino-alcohol motifs (C(OH)–C–C–N with tert-alkyl or cyclic N) is 1. The van der Waals surface area contributed by atoms with Gasteiger partial charge in [-0.15, -0.1) is 0 Å². The zero-order chi connectivity index (χ0) is 13.9. The third-order valence-electron chi connectivity index (χ3n) is 3.89. The van der Waals surface area contributed by atoms with Gasteiger partial charge in [0.15, 0.2) is 0 Å². The maximum atomic E-state index is 8.95. The molecule has 0 spiro atoms. The molecule has 1 saturated heterocycles. The second kappa shape index (κ2) is 5.93. The topological polar surface area (TPSA) is 26.7 Å². The number of aliphatic hydroxyl groups excluding tert-OH is 1. The van der Waals surface area contributed by atoms with Crippen molar-refractivity contribution in [2.75, 3.05) is 44.2 Å². The number of piperazine rings is 1. The highest BCUT2D eigenvalue weighted by Gasteiger charge is 2.18. The summed E-state index contributed by atoms with van der Waals surface area (Å²) in [7, 11) is 0. The monoisotopic (exact) mass is 262 g/mol. The Labute approximate surface area is 116 Å². The molecule has 0 aliphatic carbocycles. The zero-order valence-electron chi connectivity index (χ0n) is 12.4. The first kappa shape index (κ1) is 14.4. The van der Waals surface area contributed by atoms with Crippen molar-refractivity contribution in [3.05, 3.63) is 29.8 Å². The summed E-state index contributed by atoms with van der Waals surface area (Å²) in [5.74, 6) is 0. The normalized spacial score (nSPS) is 17.8. The van der Waals surface area contributed by atoms with Gasteiger partial charge in [0.2, 0.25) is 0 Å². The van der Waals surface area contributed by atoms with Crippen LogP contribution < -0.4 is 4.90 Å². The molecule has 1 heterocycles. The van der Waals surface area contributed by atoms with Crippen LogP contribution in [0.25, 0.3) is 0 Å². The fraction of sp³-hybridized carbons (Fsp3) is 0.625. The van der Waals surface area contributed by atoms with Gasteiger partial charge in [-0.25, -0.2) is 0 Å². The van der Waals surface area contributed by atoms with Crippen molar-refractivity contribution in [2.45, 2.75) is 26.2 Å². The minimum Gasteiger partial charge on any atom is -0.395 e. The highest BCUT2D eigenvalue weighted by atomic mass is 16.3. The van der Waals surface area contributed by atoms with Gasteiger partial charge in [-0.2, -0.15) is 0 Å². The number of hydrogen-bond acceptors (Lipinski definition) is 3. The van der Waals surface area contributed by atoms with Crippen LogP contribution in [-0.2, 0) is 5.41 Å². The molecule has 0 saturated carbocycles. The molecule has 1 aliphatic rings. The Balaban J connectivity index is 1.97. The van der Waals surface area contributed by atoms with Gasteiger partial charge >= 0.3 is 0 Å². The largest absolute Gasteiger partial charge is 0.395 e. The van der Waals surface area contributed by atoms with Crippen LogP contribution in [-0.4, -0.2) is 49.3 Å². The summed E-state index contributed by atoms with van der Waals surface area (Å²) in [6.45, 7) is 12.0. The van der Waals surface area contributed by atoms with E-state index in [9.17, 15) is 0 Å². The predicted molar refractivity (Wildman–Crippen MR) is 80.9 cm³/mol. The summed E-state index contributed by atoms with van der Waals surface area (Å²) in [5, 5.41) is 8.95. The lowest BCUT2D eigenvalue weighted by molar-refractivity contribution is 0.189. The molecule has 1 aliphatic heterocycles. The molecule has 3 nitrogen and oxygen atoms in total. The molecule has 1 fully saturated rings. The molecule has 19 heavy (non-hydrogen) atoms. The SMILES string of the molecule is CC(C)(C)c1ccc(N2CCN(CCO)CC2)cc1. The average Bonchev–Trinajstić information content (AvgIpc) is 2.39. The zero-order valence-corrected chi connectivity index (χ0v) is 12.4. The summed E-state index contributed by atoms with van der Waals surface area (Å²) >= 11 is 0. The predicted octanol–water partition coefficient (Wildman–Crippen LogP) is 2.10. The minimum absolute atomic E-state index is 0.221. The quantitative estimate of drug-likeness (QED) is 0.903. The summed E-state index contributed by atoms with van der Waals surface area (Å²) in [5.41, 5.74) is 2.92. The fourth-order valence-electron chi connectivity index (χ4n) is 2.54. The number of benzene rings is 1. The minimum atomic E-state index is 0.221. The second-order valence-corrected chi connectivity index (χ2v) is 6.35. The second-order valence-electron chi connectivity index (χ2n) is 6.35. The van der Waals surface area contributed by atoms with E-state index in [1.54, 1.807) is 0 Å². The third-order valence-corrected chi connectivity index (χ3v) is 3.89. The van der Waals surface area contributed by atoms with Gasteiger partial charge in [-0.3, -0.25) is 4.90 Å². The highest BCUT2D eigenvalue weighted by Crippen LogP contribution is 2.25. The van der Waals surface area contributed by atoms with Crippen molar-refractivity contribution < 1.29 is 5.11 Å². The standard InChI is InChI=1S/C16H26N2O/c1-16(2,3)14-4-6-15(7-5-14)18-10-8-17(9-11-18)12-13-19/h4-7,19H,8-13H2,1-3H3. The van der Waals surface area contributed by atoms with E-state index < -0.39 is 0 Å². The van der Waals surface area contributed by atoms with Crippen molar-refractivity contribution >= 4 is 5.69 Å². The van der Waals surface area contributed by atoms with Gasteiger partial charge in [0.25, 0.3) is 0 Å². The van der Waals surface area contributed by atoms with E-state index in [1.807, 2.05) is 0 Å². The Morgan fingerprint density at radius 2 is 1.58 bits per heavy atom. The first-order chi connectivity index (χ1) is 9.00. The van der Waals surface area contributed by atoms with E-state index >= 15 is 0 Å². The molecule has 0 radical (unpaired) electrons. The molecule has 1 N–H and O–H groups in total. The molecule has 2 rings (SSSR count). The smallest absolute Gasteiger partial charge is 0.0558 e. The van der Waals surface area contributed by atoms with Crippen molar-refractivity contribution in [3.63, 3.8) is 0 Å². The number of aliphatic hydroxyl groups is 1. The van der Waals surface area contributed by atoms with Gasteiger partial charge < -0.3 is 10.0 Å². The van der Waals surface area contributed by atoms with Crippen LogP contribution in [0.5, 0.6) is 0 Å². The summed E-state index contributed by atoms with van der Waals surface area (Å²) in [4.78, 5) is 4.75. The number of nitrogens with zero attached hydrogens (tertiary/aromatic N) is 2. The van der Waals surface area contributed by atoms with E-state index in [1.165, 1.54) is 11.3 Å². The molecular formula is C16H26N2O. The van der Waals surface area contributed by atoms with Gasteiger partial charge in [0, 0.05) is 38.4 Å². The molecule has 3 heteroatoms. The van der Waals surface area contributed by atoms with Gasteiger partial charge in [-0.05, 0) is 23.1 Å². The lowest BCUT2D eigenvalue weighted by Crippen LogP contribution is -2.47. The van der Waals surface area contributed by atoms with Crippen LogP contribution >= 0.6 is 0 Å². The van der Waals surface area contributed by atoms with Crippen LogP contribution in [0.4, 0.5) is 5.69 Å². The van der Waals surface area contributed by atoms with Crippen LogP contribution in [0.15, 0.2) is 24.3 Å². The van der Waals surface area contributed by atoms with Crippen LogP contribution in [0, 0.1) is 0 Å². The highest BCUT2D eigenvalue weighted by molar-refractivity contribution is 5.49. The first-order valence-corrected chi connectivity index (χ1v) is 7.19. The Morgan fingerprint density at radius 1 is 1.00 bits per heavy atom. The molecule has 1 aromatic carbocycles. The number of hydrogen-bond donors (Lipinski definition) is 1. The molecule has 1 aromatic rings. The maximum Gasteiger partial charge on any atom is 0.0558 e. The van der Waals surface area contributed by atoms with E-state index in [0.29, 0.717) is 0 Å². The van der Waals surface area contributed by atoms with E-state index in [0.717, 1.165) is 32.7 Å². The maximum absolute atomic E-state index is 8.95. The van der Waals surface area contributed by atoms with Crippen molar-refractivity contribution in [3.8, 4) is 0 Å². The van der Waals surface area contributed by atoms with Gasteiger partial charge in [-0.1, -0.05) is 32.9 Å². The van der Waals surface area contributed by atoms with Crippen molar-refractivity contribution in [2.24, 2.45) is 0 Å². The van der Waals surface area contributed by atoms with Gasteiger partial charge in [0.1, 0.15) is 0 Å². The van der Waals surface area contributed by atoms with Crippen LogP contribution in [0.1, 0.15) is 26.3 Å². The van der Waals surface area contributed by atoms with E-state index in [2.05, 4.69) is 54.8 Å². The summed E-state index contributed by atoms with van der Waals surface area (Å²) in [6.07, 6.45) is 0.